The van der Waals surface area contributed by atoms with Crippen LogP contribution in [0.4, 0.5) is 4.39 Å². The lowest BCUT2D eigenvalue weighted by atomic mass is 9.73. The third-order valence-corrected chi connectivity index (χ3v) is 15.5. The molecule has 12 aromatic rings. The summed E-state index contributed by atoms with van der Waals surface area (Å²) < 4.78 is 13.6. The second-order valence-corrected chi connectivity index (χ2v) is 20.4. The molecular weight excluding hydrogens is 992 g/mol. The maximum atomic E-state index is 13.6. The van der Waals surface area contributed by atoms with Gasteiger partial charge in [0.2, 0.25) is 5.95 Å². The molecule has 4 atom stereocenters. The average Bonchev–Trinajstić information content (AvgIpc) is 3.62. The topological polar surface area (TPSA) is 77.3 Å². The lowest BCUT2D eigenvalue weighted by molar-refractivity contribution is 0.585. The summed E-state index contributed by atoms with van der Waals surface area (Å²) in [5.41, 5.74) is 14.2. The molecule has 6 nitrogen and oxygen atoms in total. The van der Waals surface area contributed by atoms with Crippen LogP contribution >= 0.6 is 0 Å². The molecule has 6 heterocycles. The van der Waals surface area contributed by atoms with E-state index in [2.05, 4.69) is 213 Å². The number of hydrogen-bond acceptors (Lipinski definition) is 6. The minimum absolute atomic E-state index is 0.373. The zero-order chi connectivity index (χ0) is 55.9. The Hall–Kier alpha value is -9.85. The maximum absolute atomic E-state index is 13.6. The van der Waals surface area contributed by atoms with E-state index < -0.39 is 22.2 Å². The quantitative estimate of drug-likeness (QED) is 0.107. The van der Waals surface area contributed by atoms with Gasteiger partial charge < -0.3 is 0 Å². The zero-order valence-electron chi connectivity index (χ0n) is 46.0. The molecule has 0 fully saturated rings. The summed E-state index contributed by atoms with van der Waals surface area (Å²) >= 11 is 0. The van der Waals surface area contributed by atoms with Crippen LogP contribution in [0, 0.1) is 5.95 Å². The SMILES string of the molecule is CC(c1ccccc1)(c1cccc(-c2cccc(C(C)(c3ccccc3)c3ccccn3)n2)c1)c1ccccn1.CC(c1ccccc1)(c1cccc(-c2cccc(F)n2)c1)c1ccccn1.CC(c1ccccc1)c1ccccn1. The minimum Gasteiger partial charge on any atom is -0.261 e. The van der Waals surface area contributed by atoms with Crippen molar-refractivity contribution in [1.29, 1.82) is 0 Å². The van der Waals surface area contributed by atoms with Gasteiger partial charge in [-0.1, -0.05) is 201 Å². The van der Waals surface area contributed by atoms with Crippen LogP contribution in [0.3, 0.4) is 0 Å². The second kappa shape index (κ2) is 25.3. The first-order chi connectivity index (χ1) is 39.7. The van der Waals surface area contributed by atoms with Crippen molar-refractivity contribution in [3.8, 4) is 22.5 Å². The summed E-state index contributed by atoms with van der Waals surface area (Å²) in [6, 6.07) is 94.0. The molecule has 0 saturated heterocycles. The maximum Gasteiger partial charge on any atom is 0.213 e. The lowest BCUT2D eigenvalue weighted by Crippen LogP contribution is -2.28. The molecule has 0 amide bonds. The van der Waals surface area contributed by atoms with E-state index in [1.54, 1.807) is 6.07 Å². The van der Waals surface area contributed by atoms with Crippen LogP contribution < -0.4 is 0 Å². The molecule has 0 radical (unpaired) electrons. The van der Waals surface area contributed by atoms with Crippen molar-refractivity contribution >= 4 is 0 Å². The molecule has 0 bridgehead atoms. The third-order valence-electron chi connectivity index (χ3n) is 15.5. The minimum atomic E-state index is -0.511. The first kappa shape index (κ1) is 54.5. The van der Waals surface area contributed by atoms with Crippen LogP contribution in [0.1, 0.15) is 95.5 Å². The fourth-order valence-corrected chi connectivity index (χ4v) is 10.6. The zero-order valence-corrected chi connectivity index (χ0v) is 46.0. The highest BCUT2D eigenvalue weighted by Crippen LogP contribution is 2.42. The van der Waals surface area contributed by atoms with Gasteiger partial charge in [-0.05, 0) is 139 Å². The predicted octanol–water partition coefficient (Wildman–Crippen LogP) is 17.1. The molecular formula is C74H63FN6. The number of rotatable bonds is 13. The molecule has 81 heavy (non-hydrogen) atoms. The van der Waals surface area contributed by atoms with Crippen LogP contribution in [-0.4, -0.2) is 29.9 Å². The fraction of sp³-hybridized carbons (Fsp3) is 0.108. The molecule has 0 aliphatic heterocycles. The summed E-state index contributed by atoms with van der Waals surface area (Å²) in [6.07, 6.45) is 7.38. The van der Waals surface area contributed by atoms with Gasteiger partial charge in [0.15, 0.2) is 0 Å². The van der Waals surface area contributed by atoms with Crippen molar-refractivity contribution in [2.45, 2.75) is 49.9 Å². The number of halogens is 1. The highest BCUT2D eigenvalue weighted by molar-refractivity contribution is 5.65. The Morgan fingerprint density at radius 1 is 0.309 bits per heavy atom. The Labute approximate surface area is 475 Å². The van der Waals surface area contributed by atoms with Gasteiger partial charge in [0.1, 0.15) is 0 Å². The van der Waals surface area contributed by atoms with Gasteiger partial charge in [-0.25, -0.2) is 4.98 Å². The smallest absolute Gasteiger partial charge is 0.213 e. The summed E-state index contributed by atoms with van der Waals surface area (Å²) in [5, 5.41) is 0. The van der Waals surface area contributed by atoms with Gasteiger partial charge in [-0.3, -0.25) is 24.9 Å². The van der Waals surface area contributed by atoms with E-state index in [1.807, 2.05) is 122 Å². The largest absolute Gasteiger partial charge is 0.261 e. The van der Waals surface area contributed by atoms with Gasteiger partial charge in [-0.15, -0.1) is 0 Å². The Morgan fingerprint density at radius 3 is 1.10 bits per heavy atom. The highest BCUT2D eigenvalue weighted by atomic mass is 19.1. The van der Waals surface area contributed by atoms with Crippen LogP contribution in [0.5, 0.6) is 0 Å². The van der Waals surface area contributed by atoms with Crippen molar-refractivity contribution in [2.24, 2.45) is 0 Å². The Kier molecular flexibility index (Phi) is 17.0. The normalized spacial score (nSPS) is 13.5. The van der Waals surface area contributed by atoms with Crippen molar-refractivity contribution in [2.75, 3.05) is 0 Å². The molecule has 12 rings (SSSR count). The summed E-state index contributed by atoms with van der Waals surface area (Å²) in [6.45, 7) is 8.81. The van der Waals surface area contributed by atoms with E-state index in [-0.39, 0.29) is 0 Å². The number of benzene rings is 6. The van der Waals surface area contributed by atoms with Crippen molar-refractivity contribution < 1.29 is 4.39 Å². The van der Waals surface area contributed by atoms with Crippen LogP contribution in [0.2, 0.25) is 0 Å². The summed E-state index contributed by atoms with van der Waals surface area (Å²) in [5.74, 6) is -0.106. The van der Waals surface area contributed by atoms with E-state index in [9.17, 15) is 4.39 Å². The number of hydrogen-bond donors (Lipinski definition) is 0. The van der Waals surface area contributed by atoms with E-state index in [0.717, 1.165) is 67.5 Å². The Morgan fingerprint density at radius 2 is 0.667 bits per heavy atom. The van der Waals surface area contributed by atoms with E-state index in [0.29, 0.717) is 11.6 Å². The highest BCUT2D eigenvalue weighted by Gasteiger charge is 2.36. The van der Waals surface area contributed by atoms with Gasteiger partial charge in [0.05, 0.1) is 50.4 Å². The van der Waals surface area contributed by atoms with Crippen molar-refractivity contribution in [3.63, 3.8) is 0 Å². The molecule has 0 spiro atoms. The van der Waals surface area contributed by atoms with Crippen LogP contribution in [0.15, 0.2) is 304 Å². The molecule has 7 heteroatoms. The van der Waals surface area contributed by atoms with Gasteiger partial charge in [-0.2, -0.15) is 4.39 Å². The lowest BCUT2D eigenvalue weighted by Gasteiger charge is -2.31. The number of nitrogens with zero attached hydrogens (tertiary/aromatic N) is 6. The Bertz CT molecular complexity index is 3580. The molecule has 6 aromatic heterocycles. The standard InChI is InChI=1S/C37H31N3.C24H19FN2.C13H13N/c1-36(29-16-5-3-6-17-29,33-22-9-11-25-38-33)31-20-13-15-28(27-31)32-21-14-24-35(40-32)37(2,30-18-7-4-8-19-30)34-23-10-12-26-39-34;1-24(19-10-3-2-4-11-19,22-14-5-6-16-26-22)20-12-7-9-18(17-20)21-13-8-15-23(25)27-21;1-11(12-7-3-2-4-8-12)13-9-5-6-10-14-13/h3-27H,1-2H3;2-17H,1H3;2-11H,1H3. The molecule has 0 saturated carbocycles. The third kappa shape index (κ3) is 12.1. The second-order valence-electron chi connectivity index (χ2n) is 20.4. The molecule has 0 aliphatic carbocycles. The van der Waals surface area contributed by atoms with E-state index >= 15 is 0 Å². The number of pyridine rings is 6. The van der Waals surface area contributed by atoms with E-state index in [1.165, 1.54) is 17.2 Å². The summed E-state index contributed by atoms with van der Waals surface area (Å²) in [7, 11) is 0. The molecule has 6 aromatic carbocycles. The van der Waals surface area contributed by atoms with Crippen LogP contribution in [-0.2, 0) is 16.2 Å². The van der Waals surface area contributed by atoms with Gasteiger partial charge in [0.25, 0.3) is 0 Å². The monoisotopic (exact) mass is 1050 g/mol. The van der Waals surface area contributed by atoms with Crippen molar-refractivity contribution in [3.05, 3.63) is 372 Å². The molecule has 0 aliphatic rings. The Balaban J connectivity index is 0.000000154. The molecule has 396 valence electrons. The fourth-order valence-electron chi connectivity index (χ4n) is 10.6. The average molecular weight is 1060 g/mol. The predicted molar refractivity (Wildman–Crippen MR) is 326 cm³/mol. The summed E-state index contributed by atoms with van der Waals surface area (Å²) in [4.78, 5) is 27.9. The van der Waals surface area contributed by atoms with Gasteiger partial charge >= 0.3 is 0 Å². The first-order valence-electron chi connectivity index (χ1n) is 27.3. The van der Waals surface area contributed by atoms with Crippen molar-refractivity contribution in [1.82, 2.24) is 29.9 Å². The molecule has 4 unspecified atom stereocenters. The number of aromatic nitrogens is 6. The van der Waals surface area contributed by atoms with Crippen LogP contribution in [0.25, 0.3) is 22.5 Å². The van der Waals surface area contributed by atoms with E-state index in [4.69, 9.17) is 15.0 Å². The first-order valence-corrected chi connectivity index (χ1v) is 27.3. The van der Waals surface area contributed by atoms with Gasteiger partial charge in [0, 0.05) is 47.5 Å². The molecule has 0 N–H and O–H groups in total.